The fourth-order valence-corrected chi connectivity index (χ4v) is 17.2. The van der Waals surface area contributed by atoms with E-state index in [4.69, 9.17) is 0 Å². The lowest BCUT2D eigenvalue weighted by molar-refractivity contribution is 0.590. The van der Waals surface area contributed by atoms with Crippen molar-refractivity contribution in [3.8, 4) is 78.1 Å². The van der Waals surface area contributed by atoms with Crippen LogP contribution in [-0.2, 0) is 16.2 Å². The lowest BCUT2D eigenvalue weighted by Crippen LogP contribution is -2.61. The van der Waals surface area contributed by atoms with Crippen molar-refractivity contribution in [3.63, 3.8) is 0 Å². The monoisotopic (exact) mass is 1370 g/mol. The van der Waals surface area contributed by atoms with Crippen molar-refractivity contribution in [1.29, 1.82) is 0 Å². The second-order valence-corrected chi connectivity index (χ2v) is 32.5. The quantitative estimate of drug-likeness (QED) is 0.127. The molecule has 0 N–H and O–H groups in total. The van der Waals surface area contributed by atoms with E-state index in [1.165, 1.54) is 110 Å². The molecule has 2 aliphatic heterocycles. The first kappa shape index (κ1) is 65.3. The summed E-state index contributed by atoms with van der Waals surface area (Å²) in [5.41, 5.74) is 34.4. The smallest absolute Gasteiger partial charge is 0.252 e. The highest BCUT2D eigenvalue weighted by atomic mass is 15.2. The zero-order valence-corrected chi connectivity index (χ0v) is 62.2. The molecular formula is C102H83BN4. The first-order valence-electron chi connectivity index (χ1n) is 37.8. The topological polar surface area (TPSA) is 16.3 Å². The third kappa shape index (κ3) is 11.0. The van der Waals surface area contributed by atoms with Crippen LogP contribution in [0.1, 0.15) is 79.0 Å². The van der Waals surface area contributed by atoms with Crippen molar-refractivity contribution < 1.29 is 0 Å². The largest absolute Gasteiger partial charge is 0.310 e. The van der Waals surface area contributed by atoms with E-state index in [1.807, 2.05) is 0 Å². The van der Waals surface area contributed by atoms with Crippen LogP contribution in [0, 0.1) is 0 Å². The number of anilines is 6. The van der Waals surface area contributed by atoms with E-state index < -0.39 is 0 Å². The summed E-state index contributed by atoms with van der Waals surface area (Å²) in [4.78, 5) is 5.47. The van der Waals surface area contributed by atoms with Crippen LogP contribution in [0.25, 0.3) is 122 Å². The Bertz CT molecular complexity index is 6080. The molecule has 0 radical (unpaired) electrons. The van der Waals surface area contributed by atoms with Crippen LogP contribution in [-0.4, -0.2) is 15.8 Å². The molecule has 0 bridgehead atoms. The predicted molar refractivity (Wildman–Crippen MR) is 458 cm³/mol. The van der Waals surface area contributed by atoms with Crippen LogP contribution in [0.3, 0.4) is 0 Å². The molecule has 5 heteroatoms. The van der Waals surface area contributed by atoms with Gasteiger partial charge in [0.1, 0.15) is 0 Å². The average molecular weight is 1380 g/mol. The van der Waals surface area contributed by atoms with Crippen molar-refractivity contribution >= 4 is 101 Å². The molecule has 2 aliphatic rings. The second kappa shape index (κ2) is 25.1. The van der Waals surface area contributed by atoms with Crippen LogP contribution in [0.5, 0.6) is 0 Å². The highest BCUT2D eigenvalue weighted by molar-refractivity contribution is 7.00. The number of para-hydroxylation sites is 2. The molecule has 17 aromatic rings. The van der Waals surface area contributed by atoms with Gasteiger partial charge in [0, 0.05) is 77.9 Å². The van der Waals surface area contributed by atoms with Crippen molar-refractivity contribution in [3.05, 3.63) is 356 Å². The summed E-state index contributed by atoms with van der Waals surface area (Å²) in [6, 6.07) is 129. The standard InChI is InChI=1S/C102H83BN4/c1-100(2,3)74-58-81(68-36-20-12-21-37-68)98(82(59-74)69-38-22-13-23-39-69)106-93-64-77(104-89-46-30-28-44-79(89)80-45-29-31-47-90(80)104)50-52-87(93)103-88-53-51-78(105-91-54-48-72(66-32-16-10-17-33-66)56-85(91)86-57-73(49-55-92(86)105)67-34-18-11-19-35-67)65-94(88)107(96-63-76(102(7,8)9)62-95(106)97(96)103)99-83(70-40-24-14-25-41-70)60-75(101(4,5)6)61-84(99)71-42-26-15-27-43-71/h10-65H,1-9H3. The minimum absolute atomic E-state index is 0.195. The fourth-order valence-electron chi connectivity index (χ4n) is 17.2. The van der Waals surface area contributed by atoms with Gasteiger partial charge >= 0.3 is 0 Å². The molecule has 514 valence electrons. The van der Waals surface area contributed by atoms with Crippen molar-refractivity contribution in [2.24, 2.45) is 0 Å². The molecule has 4 nitrogen and oxygen atoms in total. The van der Waals surface area contributed by atoms with Gasteiger partial charge in [-0.3, -0.25) is 0 Å². The Hall–Kier alpha value is -12.4. The highest BCUT2D eigenvalue weighted by Crippen LogP contribution is 2.56. The molecule has 0 saturated carbocycles. The summed E-state index contributed by atoms with van der Waals surface area (Å²) in [6.45, 7) is 21.1. The van der Waals surface area contributed by atoms with Crippen LogP contribution in [0.4, 0.5) is 34.1 Å². The van der Waals surface area contributed by atoms with Crippen LogP contribution in [0.2, 0.25) is 0 Å². The minimum atomic E-state index is -0.340. The molecule has 0 unspecified atom stereocenters. The number of hydrogen-bond acceptors (Lipinski definition) is 2. The van der Waals surface area contributed by atoms with E-state index >= 15 is 0 Å². The van der Waals surface area contributed by atoms with Gasteiger partial charge in [-0.25, -0.2) is 0 Å². The molecular weight excluding hydrogens is 1290 g/mol. The molecule has 15 aromatic carbocycles. The molecule has 0 aliphatic carbocycles. The predicted octanol–water partition coefficient (Wildman–Crippen LogP) is 25.9. The maximum absolute atomic E-state index is 2.74. The molecule has 2 aromatic heterocycles. The van der Waals surface area contributed by atoms with E-state index in [1.54, 1.807) is 0 Å². The Kier molecular flexibility index (Phi) is 15.4. The fraction of sp³-hybridized carbons (Fsp3) is 0.118. The maximum atomic E-state index is 2.74. The zero-order valence-electron chi connectivity index (χ0n) is 62.2. The lowest BCUT2D eigenvalue weighted by atomic mass is 9.33. The summed E-state index contributed by atoms with van der Waals surface area (Å²) in [5, 5.41) is 4.86. The Labute approximate surface area is 628 Å². The first-order valence-corrected chi connectivity index (χ1v) is 37.8. The van der Waals surface area contributed by atoms with Crippen LogP contribution >= 0.6 is 0 Å². The number of hydrogen-bond donors (Lipinski definition) is 0. The van der Waals surface area contributed by atoms with Crippen LogP contribution < -0.4 is 26.2 Å². The Balaban J connectivity index is 0.986. The summed E-state index contributed by atoms with van der Waals surface area (Å²) in [7, 11) is 0. The highest BCUT2D eigenvalue weighted by Gasteiger charge is 2.47. The zero-order chi connectivity index (χ0) is 72.6. The van der Waals surface area contributed by atoms with Crippen molar-refractivity contribution in [2.45, 2.75) is 78.6 Å². The Morgan fingerprint density at radius 1 is 0.224 bits per heavy atom. The molecule has 0 saturated heterocycles. The first-order chi connectivity index (χ1) is 52.0. The number of nitrogens with zero attached hydrogens (tertiary/aromatic N) is 4. The number of benzene rings is 15. The molecule has 0 spiro atoms. The third-order valence-electron chi connectivity index (χ3n) is 22.7. The van der Waals surface area contributed by atoms with Gasteiger partial charge in [-0.2, -0.15) is 0 Å². The second-order valence-electron chi connectivity index (χ2n) is 32.5. The van der Waals surface area contributed by atoms with Gasteiger partial charge in [-0.05, 0) is 191 Å². The third-order valence-corrected chi connectivity index (χ3v) is 22.7. The van der Waals surface area contributed by atoms with Crippen molar-refractivity contribution in [1.82, 2.24) is 9.13 Å². The molecule has 0 amide bonds. The number of rotatable bonds is 10. The Morgan fingerprint density at radius 2 is 0.514 bits per heavy atom. The van der Waals surface area contributed by atoms with Crippen LogP contribution in [0.15, 0.2) is 340 Å². The van der Waals surface area contributed by atoms with Gasteiger partial charge in [0.15, 0.2) is 0 Å². The normalized spacial score (nSPS) is 12.9. The summed E-state index contributed by atoms with van der Waals surface area (Å²) in [6.07, 6.45) is 0. The molecule has 4 heterocycles. The number of aromatic nitrogens is 2. The van der Waals surface area contributed by atoms with Gasteiger partial charge < -0.3 is 18.9 Å². The SMILES string of the molecule is CC(C)(C)c1cc(-c2ccccc2)c(N2c3cc(-n4c5ccccc5c5ccccc54)ccc3B3c4ccc(-n5c6ccc(-c7ccccc7)cc6c6cc(-c7ccccc7)ccc65)cc4N(c4c(-c5ccccc5)cc(C(C)(C)C)cc4-c4ccccc4)c4cc(C(C)(C)C)cc2c43)c(-c2ccccc2)c1. The van der Waals surface area contributed by atoms with Crippen molar-refractivity contribution in [2.75, 3.05) is 9.80 Å². The lowest BCUT2D eigenvalue weighted by Gasteiger charge is -2.47. The summed E-state index contributed by atoms with van der Waals surface area (Å²) >= 11 is 0. The molecule has 107 heavy (non-hydrogen) atoms. The molecule has 19 rings (SSSR count). The van der Waals surface area contributed by atoms with E-state index in [0.29, 0.717) is 0 Å². The van der Waals surface area contributed by atoms with E-state index in [2.05, 4.69) is 421 Å². The molecule has 0 fully saturated rings. The van der Waals surface area contributed by atoms with Gasteiger partial charge in [-0.15, -0.1) is 0 Å². The van der Waals surface area contributed by atoms with E-state index in [9.17, 15) is 0 Å². The average Bonchev–Trinajstić information content (AvgIpc) is 0.908. The van der Waals surface area contributed by atoms with Gasteiger partial charge in [0.2, 0.25) is 0 Å². The van der Waals surface area contributed by atoms with Gasteiger partial charge in [0.05, 0.1) is 33.4 Å². The van der Waals surface area contributed by atoms with E-state index in [0.717, 1.165) is 78.8 Å². The minimum Gasteiger partial charge on any atom is -0.310 e. The van der Waals surface area contributed by atoms with Gasteiger partial charge in [-0.1, -0.05) is 305 Å². The number of fused-ring (bicyclic) bond motifs is 10. The maximum Gasteiger partial charge on any atom is 0.252 e. The van der Waals surface area contributed by atoms with Gasteiger partial charge in [0.25, 0.3) is 6.71 Å². The Morgan fingerprint density at radius 3 is 0.841 bits per heavy atom. The molecule has 0 atom stereocenters. The summed E-state index contributed by atoms with van der Waals surface area (Å²) in [5.74, 6) is 0. The summed E-state index contributed by atoms with van der Waals surface area (Å²) < 4.78 is 5.05. The van der Waals surface area contributed by atoms with E-state index in [-0.39, 0.29) is 23.0 Å².